The quantitative estimate of drug-likeness (QED) is 0.483. The summed E-state index contributed by atoms with van der Waals surface area (Å²) in [5.41, 5.74) is 2.50. The van der Waals surface area contributed by atoms with E-state index in [0.717, 1.165) is 17.8 Å². The predicted molar refractivity (Wildman–Crippen MR) is 105 cm³/mol. The molecule has 1 aromatic carbocycles. The molecule has 2 heterocycles. The Morgan fingerprint density at radius 2 is 1.83 bits per heavy atom. The molecule has 29 heavy (non-hydrogen) atoms. The summed E-state index contributed by atoms with van der Waals surface area (Å²) in [4.78, 5) is 44.3. The third-order valence-corrected chi connectivity index (χ3v) is 4.10. The predicted octanol–water partition coefficient (Wildman–Crippen LogP) is 2.52. The lowest BCUT2D eigenvalue weighted by Crippen LogP contribution is -2.16. The van der Waals surface area contributed by atoms with Crippen molar-refractivity contribution in [2.75, 3.05) is 11.9 Å². The van der Waals surface area contributed by atoms with Crippen molar-refractivity contribution >= 4 is 29.1 Å². The molecule has 0 bridgehead atoms. The van der Waals surface area contributed by atoms with Crippen LogP contribution in [0.5, 0.6) is 0 Å². The highest BCUT2D eigenvalue weighted by Crippen LogP contribution is 2.12. The molecule has 1 N–H and O–H groups in total. The van der Waals surface area contributed by atoms with Crippen molar-refractivity contribution in [3.63, 3.8) is 0 Å². The second-order valence-corrected chi connectivity index (χ2v) is 6.56. The monoisotopic (exact) mass is 395 g/mol. The average Bonchev–Trinajstić information content (AvgIpc) is 3.11. The normalized spacial score (nSPS) is 10.7. The van der Waals surface area contributed by atoms with Crippen molar-refractivity contribution in [3.8, 4) is 0 Å². The molecule has 0 radical (unpaired) electrons. The van der Waals surface area contributed by atoms with Crippen LogP contribution in [0.4, 0.5) is 5.69 Å². The number of ether oxygens (including phenoxy) is 1. The van der Waals surface area contributed by atoms with E-state index in [0.29, 0.717) is 23.4 Å². The molecule has 0 atom stereocenters. The van der Waals surface area contributed by atoms with Gasteiger partial charge < -0.3 is 10.1 Å². The van der Waals surface area contributed by atoms with E-state index in [4.69, 9.17) is 4.74 Å². The van der Waals surface area contributed by atoms with E-state index in [-0.39, 0.29) is 17.5 Å². The highest BCUT2D eigenvalue weighted by molar-refractivity contribution is 5.99. The minimum atomic E-state index is -0.802. The van der Waals surface area contributed by atoms with Crippen LogP contribution in [0, 0.1) is 13.8 Å². The van der Waals surface area contributed by atoms with Crippen molar-refractivity contribution in [3.05, 3.63) is 53.1 Å². The Labute approximate surface area is 167 Å². The summed E-state index contributed by atoms with van der Waals surface area (Å²) in [5, 5.41) is 6.82. The molecular weight excluding hydrogens is 374 g/mol. The van der Waals surface area contributed by atoms with Gasteiger partial charge >= 0.3 is 5.97 Å². The number of aromatic nitrogens is 4. The number of benzene rings is 1. The molecule has 0 aliphatic rings. The number of fused-ring (bicyclic) bond motifs is 1. The molecule has 0 aliphatic heterocycles. The van der Waals surface area contributed by atoms with Gasteiger partial charge in [0.05, 0.1) is 0 Å². The maximum Gasteiger partial charge on any atom is 0.378 e. The van der Waals surface area contributed by atoms with E-state index >= 15 is 0 Å². The highest BCUT2D eigenvalue weighted by Gasteiger charge is 2.18. The number of esters is 1. The number of hydrogen-bond donors (Lipinski definition) is 1. The smallest absolute Gasteiger partial charge is 0.378 e. The molecular formula is C20H21N5O4. The van der Waals surface area contributed by atoms with Crippen LogP contribution in [0.25, 0.3) is 5.78 Å². The number of nitrogens with zero attached hydrogens (tertiary/aromatic N) is 4. The maximum absolute atomic E-state index is 12.3. The van der Waals surface area contributed by atoms with Crippen molar-refractivity contribution < 1.29 is 19.1 Å². The molecule has 0 aliphatic carbocycles. The summed E-state index contributed by atoms with van der Waals surface area (Å²) in [7, 11) is 0. The number of amides is 1. The third kappa shape index (κ3) is 4.81. The minimum absolute atomic E-state index is 0.0830. The number of carbonyl (C=O) groups excluding carboxylic acids is 3. The molecule has 0 unspecified atom stereocenters. The molecule has 0 saturated carbocycles. The van der Waals surface area contributed by atoms with E-state index < -0.39 is 12.6 Å². The lowest BCUT2D eigenvalue weighted by atomic mass is 10.1. The Bertz CT molecular complexity index is 1070. The number of carbonyl (C=O) groups is 3. The SMILES string of the molecule is CCCC(=O)Nc1ccc(C(=O)COC(=O)c2nc3nc(C)cc(C)n3n2)cc1. The van der Waals surface area contributed by atoms with Gasteiger partial charge in [-0.2, -0.15) is 4.98 Å². The molecule has 3 rings (SSSR count). The first kappa shape index (κ1) is 20.1. The fraction of sp³-hybridized carbons (Fsp3) is 0.300. The van der Waals surface area contributed by atoms with Crippen LogP contribution in [0.3, 0.4) is 0 Å². The summed E-state index contributed by atoms with van der Waals surface area (Å²) in [5.74, 6) is -1.13. The van der Waals surface area contributed by atoms with Gasteiger partial charge in [0.2, 0.25) is 5.91 Å². The van der Waals surface area contributed by atoms with Gasteiger partial charge in [-0.1, -0.05) is 6.92 Å². The summed E-state index contributed by atoms with van der Waals surface area (Å²) >= 11 is 0. The zero-order valence-electron chi connectivity index (χ0n) is 16.4. The van der Waals surface area contributed by atoms with Crippen LogP contribution >= 0.6 is 0 Å². The van der Waals surface area contributed by atoms with Gasteiger partial charge in [-0.05, 0) is 50.6 Å². The highest BCUT2D eigenvalue weighted by atomic mass is 16.5. The van der Waals surface area contributed by atoms with Crippen molar-refractivity contribution in [2.24, 2.45) is 0 Å². The fourth-order valence-electron chi connectivity index (χ4n) is 2.72. The van der Waals surface area contributed by atoms with Gasteiger partial charge in [0.15, 0.2) is 12.4 Å². The van der Waals surface area contributed by atoms with Gasteiger partial charge in [0.1, 0.15) is 0 Å². The molecule has 1 amide bonds. The zero-order chi connectivity index (χ0) is 21.0. The van der Waals surface area contributed by atoms with E-state index in [1.165, 1.54) is 4.52 Å². The van der Waals surface area contributed by atoms with Gasteiger partial charge in [-0.3, -0.25) is 9.59 Å². The summed E-state index contributed by atoms with van der Waals surface area (Å²) in [6.07, 6.45) is 1.19. The topological polar surface area (TPSA) is 116 Å². The van der Waals surface area contributed by atoms with Crippen LogP contribution in [0.2, 0.25) is 0 Å². The molecule has 9 nitrogen and oxygen atoms in total. The molecule has 150 valence electrons. The van der Waals surface area contributed by atoms with Crippen LogP contribution in [0.1, 0.15) is 52.1 Å². The minimum Gasteiger partial charge on any atom is -0.451 e. The van der Waals surface area contributed by atoms with E-state index in [1.807, 2.05) is 26.8 Å². The largest absolute Gasteiger partial charge is 0.451 e. The number of Topliss-reactive ketones (excluding diaryl/α,β-unsaturated/α-hetero) is 1. The van der Waals surface area contributed by atoms with Crippen molar-refractivity contribution in [1.29, 1.82) is 0 Å². The van der Waals surface area contributed by atoms with Gasteiger partial charge in [0, 0.05) is 29.1 Å². The lowest BCUT2D eigenvalue weighted by Gasteiger charge is -2.06. The summed E-state index contributed by atoms with van der Waals surface area (Å²) in [6, 6.07) is 8.20. The fourth-order valence-corrected chi connectivity index (χ4v) is 2.72. The Morgan fingerprint density at radius 3 is 2.52 bits per heavy atom. The first-order chi connectivity index (χ1) is 13.9. The molecule has 0 spiro atoms. The third-order valence-electron chi connectivity index (χ3n) is 4.10. The van der Waals surface area contributed by atoms with E-state index in [2.05, 4.69) is 20.4 Å². The molecule has 3 aromatic rings. The number of ketones is 1. The Hall–Kier alpha value is -3.62. The van der Waals surface area contributed by atoms with Gasteiger partial charge in [0.25, 0.3) is 11.6 Å². The Kier molecular flexibility index (Phi) is 5.96. The first-order valence-corrected chi connectivity index (χ1v) is 9.18. The van der Waals surface area contributed by atoms with Crippen LogP contribution in [-0.2, 0) is 9.53 Å². The lowest BCUT2D eigenvalue weighted by molar-refractivity contribution is -0.116. The standard InChI is InChI=1S/C20H21N5O4/c1-4-5-17(27)22-15-8-6-14(7-9-15)16(26)11-29-19(28)18-23-20-21-12(2)10-13(3)25(20)24-18/h6-10H,4-5,11H2,1-3H3,(H,22,27). The Morgan fingerprint density at radius 1 is 1.10 bits per heavy atom. The Balaban J connectivity index is 1.61. The summed E-state index contributed by atoms with van der Waals surface area (Å²) in [6.45, 7) is 5.12. The maximum atomic E-state index is 12.3. The number of anilines is 1. The second kappa shape index (κ2) is 8.59. The summed E-state index contributed by atoms with van der Waals surface area (Å²) < 4.78 is 6.49. The molecule has 2 aromatic heterocycles. The van der Waals surface area contributed by atoms with Crippen LogP contribution < -0.4 is 5.32 Å². The zero-order valence-corrected chi connectivity index (χ0v) is 16.4. The van der Waals surface area contributed by atoms with Gasteiger partial charge in [-0.15, -0.1) is 5.10 Å². The number of rotatable bonds is 7. The first-order valence-electron chi connectivity index (χ1n) is 9.18. The van der Waals surface area contributed by atoms with Crippen molar-refractivity contribution in [2.45, 2.75) is 33.6 Å². The van der Waals surface area contributed by atoms with Crippen LogP contribution in [0.15, 0.2) is 30.3 Å². The average molecular weight is 395 g/mol. The van der Waals surface area contributed by atoms with E-state index in [1.54, 1.807) is 24.3 Å². The number of nitrogens with one attached hydrogen (secondary N) is 1. The molecule has 9 heteroatoms. The van der Waals surface area contributed by atoms with Crippen LogP contribution in [-0.4, -0.2) is 43.8 Å². The molecule has 0 fully saturated rings. The van der Waals surface area contributed by atoms with Crippen molar-refractivity contribution in [1.82, 2.24) is 19.6 Å². The number of hydrogen-bond acceptors (Lipinski definition) is 7. The van der Waals surface area contributed by atoms with Gasteiger partial charge in [-0.25, -0.2) is 14.3 Å². The van der Waals surface area contributed by atoms with E-state index in [9.17, 15) is 14.4 Å². The second-order valence-electron chi connectivity index (χ2n) is 6.56. The number of aryl methyl sites for hydroxylation is 2. The molecule has 0 saturated heterocycles.